The highest BCUT2D eigenvalue weighted by Gasteiger charge is 2.58. The summed E-state index contributed by atoms with van der Waals surface area (Å²) in [6.07, 6.45) is -3.67. The minimum absolute atomic E-state index is 0.219. The molecular formula is C17H23NO5. The van der Waals surface area contributed by atoms with Gasteiger partial charge in [-0.3, -0.25) is 4.79 Å². The van der Waals surface area contributed by atoms with Gasteiger partial charge in [0.2, 0.25) is 0 Å². The number of carbonyl (C=O) groups is 2. The van der Waals surface area contributed by atoms with Gasteiger partial charge in [0.25, 0.3) is 5.91 Å². The van der Waals surface area contributed by atoms with Gasteiger partial charge in [0, 0.05) is 0 Å². The van der Waals surface area contributed by atoms with Crippen molar-refractivity contribution in [3.63, 3.8) is 0 Å². The molecule has 2 rings (SSSR count). The van der Waals surface area contributed by atoms with Gasteiger partial charge in [-0.1, -0.05) is 30.3 Å². The summed E-state index contributed by atoms with van der Waals surface area (Å²) < 4.78 is 5.27. The van der Waals surface area contributed by atoms with Crippen LogP contribution in [0, 0.1) is 0 Å². The predicted octanol–water partition coefficient (Wildman–Crippen LogP) is 1.49. The van der Waals surface area contributed by atoms with Crippen LogP contribution in [0.2, 0.25) is 0 Å². The quantitative estimate of drug-likeness (QED) is 0.862. The summed E-state index contributed by atoms with van der Waals surface area (Å²) in [7, 11) is 0. The molecule has 1 aliphatic heterocycles. The number of benzene rings is 1. The fraction of sp³-hybridized carbons (Fsp3) is 0.529. The van der Waals surface area contributed by atoms with E-state index >= 15 is 0 Å². The van der Waals surface area contributed by atoms with Gasteiger partial charge in [-0.25, -0.2) is 9.69 Å². The number of amides is 2. The number of hydrogen-bond acceptors (Lipinski definition) is 5. The molecule has 0 aromatic heterocycles. The molecule has 1 aromatic rings. The average molecular weight is 321 g/mol. The van der Waals surface area contributed by atoms with E-state index in [1.54, 1.807) is 27.7 Å². The number of likely N-dealkylation sites (tertiary alicyclic amines) is 1. The molecule has 0 bridgehead atoms. The number of ether oxygens (including phenoxy) is 1. The Morgan fingerprint density at radius 2 is 1.83 bits per heavy atom. The third-order valence-corrected chi connectivity index (χ3v) is 3.90. The van der Waals surface area contributed by atoms with Crippen molar-refractivity contribution < 1.29 is 24.5 Å². The van der Waals surface area contributed by atoms with E-state index in [2.05, 4.69) is 0 Å². The van der Waals surface area contributed by atoms with E-state index in [1.165, 1.54) is 0 Å². The van der Waals surface area contributed by atoms with Crippen LogP contribution in [0.5, 0.6) is 0 Å². The SMILES string of the molecule is CC(C)(C)OC(=O)N1C(=O)C(O)C(O)C1(C)Cc1ccccc1. The summed E-state index contributed by atoms with van der Waals surface area (Å²) in [6.45, 7) is 6.63. The van der Waals surface area contributed by atoms with Crippen LogP contribution in [0.1, 0.15) is 33.3 Å². The number of rotatable bonds is 2. The van der Waals surface area contributed by atoms with Gasteiger partial charge in [-0.2, -0.15) is 0 Å². The molecule has 1 fully saturated rings. The number of hydrogen-bond donors (Lipinski definition) is 2. The average Bonchev–Trinajstić information content (AvgIpc) is 2.59. The molecule has 0 spiro atoms. The second-order valence-electron chi connectivity index (χ2n) is 7.06. The van der Waals surface area contributed by atoms with Crippen molar-refractivity contribution in [2.45, 2.75) is 57.5 Å². The maximum Gasteiger partial charge on any atom is 0.417 e. The van der Waals surface area contributed by atoms with Gasteiger partial charge >= 0.3 is 6.09 Å². The Labute approximate surface area is 135 Å². The van der Waals surface area contributed by atoms with Crippen molar-refractivity contribution in [3.8, 4) is 0 Å². The van der Waals surface area contributed by atoms with Crippen molar-refractivity contribution in [2.24, 2.45) is 0 Å². The van der Waals surface area contributed by atoms with E-state index < -0.39 is 35.3 Å². The number of aliphatic hydroxyl groups is 2. The molecule has 1 heterocycles. The van der Waals surface area contributed by atoms with Crippen LogP contribution in [-0.2, 0) is 16.0 Å². The number of nitrogens with zero attached hydrogens (tertiary/aromatic N) is 1. The summed E-state index contributed by atoms with van der Waals surface area (Å²) in [4.78, 5) is 25.5. The molecule has 2 N–H and O–H groups in total. The molecule has 3 unspecified atom stereocenters. The van der Waals surface area contributed by atoms with Crippen LogP contribution in [0.4, 0.5) is 4.79 Å². The van der Waals surface area contributed by atoms with Crippen molar-refractivity contribution in [3.05, 3.63) is 35.9 Å². The zero-order valence-electron chi connectivity index (χ0n) is 13.8. The predicted molar refractivity (Wildman–Crippen MR) is 83.6 cm³/mol. The maximum absolute atomic E-state index is 12.4. The van der Waals surface area contributed by atoms with Gasteiger partial charge in [-0.05, 0) is 39.7 Å². The Bertz CT molecular complexity index is 595. The van der Waals surface area contributed by atoms with Crippen molar-refractivity contribution >= 4 is 12.0 Å². The van der Waals surface area contributed by atoms with E-state index in [4.69, 9.17) is 4.74 Å². The second-order valence-corrected chi connectivity index (χ2v) is 7.06. The molecule has 23 heavy (non-hydrogen) atoms. The zero-order chi connectivity index (χ0) is 17.4. The topological polar surface area (TPSA) is 87.1 Å². The van der Waals surface area contributed by atoms with Crippen LogP contribution >= 0.6 is 0 Å². The molecule has 126 valence electrons. The summed E-state index contributed by atoms with van der Waals surface area (Å²) in [5, 5.41) is 20.3. The minimum Gasteiger partial charge on any atom is -0.443 e. The van der Waals surface area contributed by atoms with E-state index in [0.29, 0.717) is 0 Å². The normalized spacial score (nSPS) is 28.1. The lowest BCUT2D eigenvalue weighted by Gasteiger charge is -2.36. The lowest BCUT2D eigenvalue weighted by Crippen LogP contribution is -2.54. The number of aliphatic hydroxyl groups excluding tert-OH is 2. The van der Waals surface area contributed by atoms with E-state index in [9.17, 15) is 19.8 Å². The third-order valence-electron chi connectivity index (χ3n) is 3.90. The molecular weight excluding hydrogens is 298 g/mol. The van der Waals surface area contributed by atoms with Crippen LogP contribution < -0.4 is 0 Å². The Kier molecular flexibility index (Phi) is 4.50. The number of imide groups is 1. The second kappa shape index (κ2) is 5.94. The summed E-state index contributed by atoms with van der Waals surface area (Å²) >= 11 is 0. The first kappa shape index (κ1) is 17.4. The molecule has 1 aromatic carbocycles. The van der Waals surface area contributed by atoms with Crippen LogP contribution in [0.15, 0.2) is 30.3 Å². The first-order valence-electron chi connectivity index (χ1n) is 7.53. The molecule has 1 aliphatic rings. The van der Waals surface area contributed by atoms with E-state index in [0.717, 1.165) is 10.5 Å². The highest BCUT2D eigenvalue weighted by atomic mass is 16.6. The molecule has 2 amide bonds. The molecule has 3 atom stereocenters. The van der Waals surface area contributed by atoms with Crippen molar-refractivity contribution in [2.75, 3.05) is 0 Å². The maximum atomic E-state index is 12.4. The zero-order valence-corrected chi connectivity index (χ0v) is 13.8. The third kappa shape index (κ3) is 3.38. The van der Waals surface area contributed by atoms with Gasteiger partial charge in [-0.15, -0.1) is 0 Å². The first-order valence-corrected chi connectivity index (χ1v) is 7.53. The Hall–Kier alpha value is -1.92. The molecule has 6 heteroatoms. The summed E-state index contributed by atoms with van der Waals surface area (Å²) in [5.74, 6) is -0.842. The fourth-order valence-electron chi connectivity index (χ4n) is 2.79. The van der Waals surface area contributed by atoms with Crippen LogP contribution in [-0.4, -0.2) is 50.5 Å². The van der Waals surface area contributed by atoms with Gasteiger partial charge in [0.05, 0.1) is 5.54 Å². The lowest BCUT2D eigenvalue weighted by atomic mass is 9.87. The van der Waals surface area contributed by atoms with Crippen molar-refractivity contribution in [1.82, 2.24) is 4.90 Å². The lowest BCUT2D eigenvalue weighted by molar-refractivity contribution is -0.136. The van der Waals surface area contributed by atoms with Gasteiger partial charge < -0.3 is 14.9 Å². The summed E-state index contributed by atoms with van der Waals surface area (Å²) in [5.41, 5.74) is -1.23. The van der Waals surface area contributed by atoms with E-state index in [1.807, 2.05) is 30.3 Å². The molecule has 0 aliphatic carbocycles. The monoisotopic (exact) mass is 321 g/mol. The molecule has 0 radical (unpaired) electrons. The van der Waals surface area contributed by atoms with Gasteiger partial charge in [0.15, 0.2) is 6.10 Å². The smallest absolute Gasteiger partial charge is 0.417 e. The Morgan fingerprint density at radius 3 is 2.35 bits per heavy atom. The molecule has 0 saturated carbocycles. The van der Waals surface area contributed by atoms with Crippen molar-refractivity contribution in [1.29, 1.82) is 0 Å². The highest BCUT2D eigenvalue weighted by molar-refractivity contribution is 5.98. The van der Waals surface area contributed by atoms with Gasteiger partial charge in [0.1, 0.15) is 11.7 Å². The number of carbonyl (C=O) groups excluding carboxylic acids is 2. The molecule has 6 nitrogen and oxygen atoms in total. The Balaban J connectivity index is 2.36. The van der Waals surface area contributed by atoms with Crippen LogP contribution in [0.3, 0.4) is 0 Å². The first-order chi connectivity index (χ1) is 10.6. The van der Waals surface area contributed by atoms with E-state index in [-0.39, 0.29) is 6.42 Å². The highest BCUT2D eigenvalue weighted by Crippen LogP contribution is 2.35. The standard InChI is InChI=1S/C17H23NO5/c1-16(2,3)23-15(22)18-14(21)12(19)13(20)17(18,4)10-11-8-6-5-7-9-11/h5-9,12-13,19-20H,10H2,1-4H3. The summed E-state index contributed by atoms with van der Waals surface area (Å²) in [6, 6.07) is 9.18. The largest absolute Gasteiger partial charge is 0.443 e. The Morgan fingerprint density at radius 1 is 1.26 bits per heavy atom. The van der Waals surface area contributed by atoms with Crippen LogP contribution in [0.25, 0.3) is 0 Å². The molecule has 1 saturated heterocycles. The minimum atomic E-state index is -1.64. The fourth-order valence-corrected chi connectivity index (χ4v) is 2.79.